The molecule has 1 aromatic carbocycles. The molecule has 1 N–H and O–H groups in total. The molecule has 0 aliphatic carbocycles. The van der Waals surface area contributed by atoms with E-state index in [4.69, 9.17) is 4.74 Å². The summed E-state index contributed by atoms with van der Waals surface area (Å²) in [6.45, 7) is 2.78. The van der Waals surface area contributed by atoms with E-state index in [1.807, 2.05) is 26.1 Å². The minimum Gasteiger partial charge on any atom is -0.439 e. The van der Waals surface area contributed by atoms with E-state index in [0.29, 0.717) is 11.6 Å². The summed E-state index contributed by atoms with van der Waals surface area (Å²) in [5.41, 5.74) is 2.06. The SMILES string of the molecule is CCc1cc(CNC)cc(Oc2cccc(F)c2)n1. The van der Waals surface area contributed by atoms with Gasteiger partial charge >= 0.3 is 0 Å². The van der Waals surface area contributed by atoms with Crippen LogP contribution >= 0.6 is 0 Å². The number of pyridine rings is 1. The highest BCUT2D eigenvalue weighted by Gasteiger charge is 2.04. The second-order valence-corrected chi connectivity index (χ2v) is 4.25. The van der Waals surface area contributed by atoms with Gasteiger partial charge in [-0.05, 0) is 37.2 Å². The van der Waals surface area contributed by atoms with Crippen molar-refractivity contribution in [3.05, 3.63) is 53.5 Å². The third-order valence-corrected chi connectivity index (χ3v) is 2.68. The second kappa shape index (κ2) is 6.29. The van der Waals surface area contributed by atoms with Crippen LogP contribution in [0.5, 0.6) is 11.6 Å². The minimum atomic E-state index is -0.320. The van der Waals surface area contributed by atoms with Crippen LogP contribution in [0.2, 0.25) is 0 Å². The Morgan fingerprint density at radius 2 is 2.11 bits per heavy atom. The number of benzene rings is 1. The van der Waals surface area contributed by atoms with E-state index >= 15 is 0 Å². The predicted molar refractivity (Wildman–Crippen MR) is 72.9 cm³/mol. The Morgan fingerprint density at radius 3 is 2.79 bits per heavy atom. The number of aromatic nitrogens is 1. The summed E-state index contributed by atoms with van der Waals surface area (Å²) in [6.07, 6.45) is 0.830. The first-order valence-electron chi connectivity index (χ1n) is 6.29. The standard InChI is InChI=1S/C15H17FN2O/c1-3-13-7-11(10-17-2)8-15(18-13)19-14-6-4-5-12(16)9-14/h4-9,17H,3,10H2,1-2H3. The monoisotopic (exact) mass is 260 g/mol. The number of nitrogens with one attached hydrogen (secondary N) is 1. The average molecular weight is 260 g/mol. The zero-order valence-electron chi connectivity index (χ0n) is 11.1. The maximum absolute atomic E-state index is 13.1. The fourth-order valence-corrected chi connectivity index (χ4v) is 1.81. The fraction of sp³-hybridized carbons (Fsp3) is 0.267. The van der Waals surface area contributed by atoms with Gasteiger partial charge in [0, 0.05) is 24.4 Å². The quantitative estimate of drug-likeness (QED) is 0.895. The minimum absolute atomic E-state index is 0.320. The highest BCUT2D eigenvalue weighted by Crippen LogP contribution is 2.22. The van der Waals surface area contributed by atoms with E-state index in [1.165, 1.54) is 12.1 Å². The Bertz CT molecular complexity index is 558. The van der Waals surface area contributed by atoms with Crippen LogP contribution in [0.15, 0.2) is 36.4 Å². The van der Waals surface area contributed by atoms with Gasteiger partial charge in [-0.25, -0.2) is 9.37 Å². The summed E-state index contributed by atoms with van der Waals surface area (Å²) in [6, 6.07) is 9.95. The molecule has 0 spiro atoms. The molecule has 0 saturated heterocycles. The lowest BCUT2D eigenvalue weighted by Gasteiger charge is -2.09. The van der Waals surface area contributed by atoms with Crippen molar-refractivity contribution < 1.29 is 9.13 Å². The van der Waals surface area contributed by atoms with Gasteiger partial charge in [0.05, 0.1) is 0 Å². The maximum Gasteiger partial charge on any atom is 0.219 e. The van der Waals surface area contributed by atoms with E-state index < -0.39 is 0 Å². The summed E-state index contributed by atoms with van der Waals surface area (Å²) >= 11 is 0. The summed E-state index contributed by atoms with van der Waals surface area (Å²) in [7, 11) is 1.89. The van der Waals surface area contributed by atoms with Crippen LogP contribution in [-0.2, 0) is 13.0 Å². The number of nitrogens with zero attached hydrogens (tertiary/aromatic N) is 1. The molecule has 100 valence electrons. The largest absolute Gasteiger partial charge is 0.439 e. The van der Waals surface area contributed by atoms with Crippen LogP contribution in [0.25, 0.3) is 0 Å². The van der Waals surface area contributed by atoms with Crippen molar-refractivity contribution in [2.24, 2.45) is 0 Å². The Labute approximate surface area is 112 Å². The third-order valence-electron chi connectivity index (χ3n) is 2.68. The Balaban J connectivity index is 2.26. The molecule has 1 aromatic heterocycles. The molecule has 3 nitrogen and oxygen atoms in total. The molecular weight excluding hydrogens is 243 g/mol. The van der Waals surface area contributed by atoms with Gasteiger partial charge in [-0.2, -0.15) is 0 Å². The number of hydrogen-bond donors (Lipinski definition) is 1. The van der Waals surface area contributed by atoms with Crippen LogP contribution in [0.1, 0.15) is 18.2 Å². The van der Waals surface area contributed by atoms with E-state index in [0.717, 1.165) is 24.2 Å². The highest BCUT2D eigenvalue weighted by molar-refractivity contribution is 5.31. The van der Waals surface area contributed by atoms with E-state index in [2.05, 4.69) is 10.3 Å². The van der Waals surface area contributed by atoms with Gasteiger partial charge < -0.3 is 10.1 Å². The number of rotatable bonds is 5. The number of hydrogen-bond acceptors (Lipinski definition) is 3. The topological polar surface area (TPSA) is 34.1 Å². The first-order chi connectivity index (χ1) is 9.21. The molecule has 0 amide bonds. The molecule has 0 saturated carbocycles. The van der Waals surface area contributed by atoms with Crippen LogP contribution in [0.3, 0.4) is 0 Å². The zero-order valence-corrected chi connectivity index (χ0v) is 11.1. The highest BCUT2D eigenvalue weighted by atomic mass is 19.1. The second-order valence-electron chi connectivity index (χ2n) is 4.25. The maximum atomic E-state index is 13.1. The molecule has 1 heterocycles. The Kier molecular flexibility index (Phi) is 4.47. The Morgan fingerprint density at radius 1 is 1.26 bits per heavy atom. The average Bonchev–Trinajstić information content (AvgIpc) is 2.39. The van der Waals surface area contributed by atoms with Gasteiger partial charge in [0.2, 0.25) is 5.88 Å². The van der Waals surface area contributed by atoms with Crippen molar-refractivity contribution in [1.29, 1.82) is 0 Å². The molecule has 0 fully saturated rings. The molecule has 0 radical (unpaired) electrons. The van der Waals surface area contributed by atoms with Crippen molar-refractivity contribution in [1.82, 2.24) is 10.3 Å². The summed E-state index contributed by atoms with van der Waals surface area (Å²) < 4.78 is 18.7. The van der Waals surface area contributed by atoms with Crippen molar-refractivity contribution in [3.8, 4) is 11.6 Å². The first kappa shape index (κ1) is 13.5. The van der Waals surface area contributed by atoms with Gasteiger partial charge in [-0.1, -0.05) is 13.0 Å². The fourth-order valence-electron chi connectivity index (χ4n) is 1.81. The van der Waals surface area contributed by atoms with Crippen molar-refractivity contribution >= 4 is 0 Å². The van der Waals surface area contributed by atoms with Crippen molar-refractivity contribution in [2.45, 2.75) is 19.9 Å². The van der Waals surface area contributed by atoms with Gasteiger partial charge in [-0.3, -0.25) is 0 Å². The van der Waals surface area contributed by atoms with Crippen molar-refractivity contribution in [2.75, 3.05) is 7.05 Å². The lowest BCUT2D eigenvalue weighted by atomic mass is 10.2. The molecule has 2 rings (SSSR count). The Hall–Kier alpha value is -1.94. The molecule has 0 bridgehead atoms. The van der Waals surface area contributed by atoms with E-state index in [-0.39, 0.29) is 5.82 Å². The summed E-state index contributed by atoms with van der Waals surface area (Å²) in [5, 5.41) is 3.09. The molecular formula is C15H17FN2O. The number of ether oxygens (including phenoxy) is 1. The molecule has 2 aromatic rings. The lowest BCUT2D eigenvalue weighted by molar-refractivity contribution is 0.455. The van der Waals surface area contributed by atoms with Gasteiger partial charge in [0.15, 0.2) is 0 Å². The molecule has 0 unspecified atom stereocenters. The predicted octanol–water partition coefficient (Wildman–Crippen LogP) is 3.29. The molecule has 19 heavy (non-hydrogen) atoms. The van der Waals surface area contributed by atoms with Crippen LogP contribution < -0.4 is 10.1 Å². The number of aryl methyl sites for hydroxylation is 1. The molecule has 4 heteroatoms. The molecule has 0 aliphatic rings. The normalized spacial score (nSPS) is 10.5. The first-order valence-corrected chi connectivity index (χ1v) is 6.29. The van der Waals surface area contributed by atoms with Gasteiger partial charge in [0.1, 0.15) is 11.6 Å². The van der Waals surface area contributed by atoms with Crippen molar-refractivity contribution in [3.63, 3.8) is 0 Å². The zero-order chi connectivity index (χ0) is 13.7. The summed E-state index contributed by atoms with van der Waals surface area (Å²) in [4.78, 5) is 4.39. The van der Waals surface area contributed by atoms with Gasteiger partial charge in [-0.15, -0.1) is 0 Å². The summed E-state index contributed by atoms with van der Waals surface area (Å²) in [5.74, 6) is 0.631. The third kappa shape index (κ3) is 3.76. The lowest BCUT2D eigenvalue weighted by Crippen LogP contribution is -2.06. The van der Waals surface area contributed by atoms with E-state index in [1.54, 1.807) is 12.1 Å². The molecule has 0 atom stereocenters. The van der Waals surface area contributed by atoms with Crippen LogP contribution in [-0.4, -0.2) is 12.0 Å². The molecule has 0 aliphatic heterocycles. The van der Waals surface area contributed by atoms with Crippen LogP contribution in [0, 0.1) is 5.82 Å². The van der Waals surface area contributed by atoms with E-state index in [9.17, 15) is 4.39 Å². The van der Waals surface area contributed by atoms with Gasteiger partial charge in [0.25, 0.3) is 0 Å². The smallest absolute Gasteiger partial charge is 0.219 e. The van der Waals surface area contributed by atoms with Crippen LogP contribution in [0.4, 0.5) is 4.39 Å². The number of halogens is 1.